The largest absolute Gasteiger partial charge is 0.389 e. The minimum atomic E-state index is 0.375. The standard InChI is InChI=1S/C15H22ClN3S/c1-11(19-7-3-2-4-8-19)10-18-14-6-5-12(15(17)20)9-13(14)16/h5-6,9,11,18H,2-4,7-8,10H2,1H3,(H2,17,20). The molecule has 1 saturated heterocycles. The van der Waals surface area contributed by atoms with Crippen molar-refractivity contribution in [3.63, 3.8) is 0 Å². The summed E-state index contributed by atoms with van der Waals surface area (Å²) in [5.41, 5.74) is 7.34. The van der Waals surface area contributed by atoms with Crippen LogP contribution in [0.1, 0.15) is 31.7 Å². The molecule has 0 radical (unpaired) electrons. The zero-order valence-corrected chi connectivity index (χ0v) is 13.4. The Morgan fingerprint density at radius 1 is 1.40 bits per heavy atom. The summed E-state index contributed by atoms with van der Waals surface area (Å²) in [4.78, 5) is 2.91. The summed E-state index contributed by atoms with van der Waals surface area (Å²) in [6, 6.07) is 6.18. The maximum absolute atomic E-state index is 6.25. The highest BCUT2D eigenvalue weighted by Crippen LogP contribution is 2.23. The van der Waals surface area contributed by atoms with Crippen LogP contribution in [-0.4, -0.2) is 35.6 Å². The molecule has 0 bridgehead atoms. The molecule has 3 N–H and O–H groups in total. The van der Waals surface area contributed by atoms with Crippen LogP contribution in [0.25, 0.3) is 0 Å². The van der Waals surface area contributed by atoms with Crippen LogP contribution in [0, 0.1) is 0 Å². The Morgan fingerprint density at radius 2 is 2.10 bits per heavy atom. The smallest absolute Gasteiger partial charge is 0.104 e. The van der Waals surface area contributed by atoms with E-state index in [0.717, 1.165) is 17.8 Å². The van der Waals surface area contributed by atoms with Crippen molar-refractivity contribution in [2.75, 3.05) is 25.0 Å². The van der Waals surface area contributed by atoms with Gasteiger partial charge in [-0.3, -0.25) is 4.90 Å². The zero-order chi connectivity index (χ0) is 14.5. The van der Waals surface area contributed by atoms with Gasteiger partial charge in [-0.05, 0) is 51.1 Å². The van der Waals surface area contributed by atoms with Crippen LogP contribution < -0.4 is 11.1 Å². The second kappa shape index (κ2) is 7.25. The first-order valence-corrected chi connectivity index (χ1v) is 7.94. The molecule has 2 rings (SSSR count). The number of thiocarbonyl (C=S) groups is 1. The lowest BCUT2D eigenvalue weighted by Gasteiger charge is -2.32. The van der Waals surface area contributed by atoms with Gasteiger partial charge in [0, 0.05) is 18.2 Å². The first-order valence-electron chi connectivity index (χ1n) is 7.15. The van der Waals surface area contributed by atoms with Gasteiger partial charge in [-0.25, -0.2) is 0 Å². The lowest BCUT2D eigenvalue weighted by atomic mass is 10.1. The molecule has 0 saturated carbocycles. The number of nitrogens with one attached hydrogen (secondary N) is 1. The van der Waals surface area contributed by atoms with Gasteiger partial charge < -0.3 is 11.1 Å². The van der Waals surface area contributed by atoms with E-state index in [9.17, 15) is 0 Å². The van der Waals surface area contributed by atoms with E-state index >= 15 is 0 Å². The van der Waals surface area contributed by atoms with E-state index in [4.69, 9.17) is 29.6 Å². The third kappa shape index (κ3) is 4.08. The van der Waals surface area contributed by atoms with Gasteiger partial charge >= 0.3 is 0 Å². The second-order valence-electron chi connectivity index (χ2n) is 5.39. The van der Waals surface area contributed by atoms with Gasteiger partial charge in [-0.2, -0.15) is 0 Å². The highest BCUT2D eigenvalue weighted by atomic mass is 35.5. The topological polar surface area (TPSA) is 41.3 Å². The van der Waals surface area contributed by atoms with Crippen LogP contribution in [0.2, 0.25) is 5.02 Å². The summed E-state index contributed by atoms with van der Waals surface area (Å²) in [5.74, 6) is 0. The van der Waals surface area contributed by atoms with E-state index in [1.54, 1.807) is 0 Å². The Kier molecular flexibility index (Phi) is 5.64. The monoisotopic (exact) mass is 311 g/mol. The first kappa shape index (κ1) is 15.5. The molecule has 5 heteroatoms. The lowest BCUT2D eigenvalue weighted by molar-refractivity contribution is 0.180. The first-order chi connectivity index (χ1) is 9.58. The predicted molar refractivity (Wildman–Crippen MR) is 90.7 cm³/mol. The highest BCUT2D eigenvalue weighted by molar-refractivity contribution is 7.80. The van der Waals surface area contributed by atoms with Crippen LogP contribution in [0.3, 0.4) is 0 Å². The van der Waals surface area contributed by atoms with Crippen molar-refractivity contribution >= 4 is 34.5 Å². The Bertz CT molecular complexity index is 472. The third-order valence-corrected chi connectivity index (χ3v) is 4.40. The number of likely N-dealkylation sites (tertiary alicyclic amines) is 1. The average Bonchev–Trinajstić information content (AvgIpc) is 2.46. The summed E-state index contributed by atoms with van der Waals surface area (Å²) >= 11 is 11.2. The molecule has 1 heterocycles. The molecule has 20 heavy (non-hydrogen) atoms. The van der Waals surface area contributed by atoms with Gasteiger partial charge in [0.05, 0.1) is 10.7 Å². The number of halogens is 1. The Hall–Kier alpha value is -0.840. The van der Waals surface area contributed by atoms with Crippen LogP contribution >= 0.6 is 23.8 Å². The molecular formula is C15H22ClN3S. The van der Waals surface area contributed by atoms with Crippen molar-refractivity contribution in [3.05, 3.63) is 28.8 Å². The number of piperidine rings is 1. The molecule has 1 unspecified atom stereocenters. The molecule has 0 aliphatic carbocycles. The van der Waals surface area contributed by atoms with Crippen molar-refractivity contribution in [2.24, 2.45) is 5.73 Å². The van der Waals surface area contributed by atoms with Gasteiger partial charge in [0.1, 0.15) is 4.99 Å². The number of nitrogens with two attached hydrogens (primary N) is 1. The minimum Gasteiger partial charge on any atom is -0.389 e. The van der Waals surface area contributed by atoms with Gasteiger partial charge in [-0.1, -0.05) is 30.2 Å². The Morgan fingerprint density at radius 3 is 2.70 bits per heavy atom. The fraction of sp³-hybridized carbons (Fsp3) is 0.533. The van der Waals surface area contributed by atoms with Crippen molar-refractivity contribution in [1.82, 2.24) is 4.90 Å². The fourth-order valence-electron chi connectivity index (χ4n) is 2.56. The van der Waals surface area contributed by atoms with E-state index in [2.05, 4.69) is 17.1 Å². The minimum absolute atomic E-state index is 0.375. The number of rotatable bonds is 5. The number of benzene rings is 1. The van der Waals surface area contributed by atoms with Crippen LogP contribution in [0.5, 0.6) is 0 Å². The van der Waals surface area contributed by atoms with E-state index in [0.29, 0.717) is 16.1 Å². The fourth-order valence-corrected chi connectivity index (χ4v) is 2.93. The van der Waals surface area contributed by atoms with Crippen LogP contribution in [0.4, 0.5) is 5.69 Å². The molecule has 1 fully saturated rings. The van der Waals surface area contributed by atoms with Gasteiger partial charge in [0.2, 0.25) is 0 Å². The Labute approximate surface area is 131 Å². The molecule has 0 amide bonds. The van der Waals surface area contributed by atoms with Gasteiger partial charge in [-0.15, -0.1) is 0 Å². The molecule has 0 spiro atoms. The number of hydrogen-bond donors (Lipinski definition) is 2. The SMILES string of the molecule is CC(CNc1ccc(C(N)=S)cc1Cl)N1CCCCC1. The number of hydrogen-bond acceptors (Lipinski definition) is 3. The quantitative estimate of drug-likeness (QED) is 0.819. The van der Waals surface area contributed by atoms with Gasteiger partial charge in [0.25, 0.3) is 0 Å². The molecule has 1 atom stereocenters. The van der Waals surface area contributed by atoms with E-state index in [-0.39, 0.29) is 0 Å². The second-order valence-corrected chi connectivity index (χ2v) is 6.23. The van der Waals surface area contributed by atoms with Crippen molar-refractivity contribution in [3.8, 4) is 0 Å². The molecule has 1 aliphatic rings. The summed E-state index contributed by atoms with van der Waals surface area (Å²) < 4.78 is 0. The number of anilines is 1. The van der Waals surface area contributed by atoms with E-state index in [1.807, 2.05) is 18.2 Å². The molecule has 0 aromatic heterocycles. The molecule has 1 aromatic carbocycles. The average molecular weight is 312 g/mol. The summed E-state index contributed by atoms with van der Waals surface area (Å²) in [5, 5.41) is 4.09. The third-order valence-electron chi connectivity index (χ3n) is 3.86. The van der Waals surface area contributed by atoms with E-state index < -0.39 is 0 Å². The van der Waals surface area contributed by atoms with Crippen molar-refractivity contribution < 1.29 is 0 Å². The van der Waals surface area contributed by atoms with Crippen LogP contribution in [0.15, 0.2) is 18.2 Å². The zero-order valence-electron chi connectivity index (χ0n) is 11.9. The highest BCUT2D eigenvalue weighted by Gasteiger charge is 2.16. The summed E-state index contributed by atoms with van der Waals surface area (Å²) in [6.45, 7) is 5.57. The summed E-state index contributed by atoms with van der Waals surface area (Å²) in [6.07, 6.45) is 3.99. The number of nitrogens with zero attached hydrogens (tertiary/aromatic N) is 1. The Balaban J connectivity index is 1.91. The molecule has 1 aromatic rings. The molecule has 110 valence electrons. The maximum atomic E-state index is 6.25. The van der Waals surface area contributed by atoms with Gasteiger partial charge in [0.15, 0.2) is 0 Å². The van der Waals surface area contributed by atoms with Crippen molar-refractivity contribution in [1.29, 1.82) is 0 Å². The lowest BCUT2D eigenvalue weighted by Crippen LogP contribution is -2.41. The van der Waals surface area contributed by atoms with Crippen LogP contribution in [-0.2, 0) is 0 Å². The predicted octanol–water partition coefficient (Wildman–Crippen LogP) is 3.26. The molecule has 1 aliphatic heterocycles. The van der Waals surface area contributed by atoms with Crippen molar-refractivity contribution in [2.45, 2.75) is 32.2 Å². The van der Waals surface area contributed by atoms with E-state index in [1.165, 1.54) is 32.4 Å². The molecular weight excluding hydrogens is 290 g/mol. The summed E-state index contributed by atoms with van der Waals surface area (Å²) in [7, 11) is 0. The maximum Gasteiger partial charge on any atom is 0.104 e. The normalized spacial score (nSPS) is 17.7. The molecule has 3 nitrogen and oxygen atoms in total.